The molecule has 1 atom stereocenters. The molecule has 0 fully saturated rings. The third kappa shape index (κ3) is 4.88. The molecule has 0 aromatic heterocycles. The zero-order valence-corrected chi connectivity index (χ0v) is 11.6. The van der Waals surface area contributed by atoms with Crippen LogP contribution in [0.2, 0.25) is 0 Å². The summed E-state index contributed by atoms with van der Waals surface area (Å²) in [5.41, 5.74) is 1.18. The molecule has 1 unspecified atom stereocenters. The summed E-state index contributed by atoms with van der Waals surface area (Å²) in [7, 11) is 0. The highest BCUT2D eigenvalue weighted by Crippen LogP contribution is 2.07. The smallest absolute Gasteiger partial charge is 0.224 e. The van der Waals surface area contributed by atoms with Crippen LogP contribution in [0.5, 0.6) is 0 Å². The quantitative estimate of drug-likeness (QED) is 0.803. The van der Waals surface area contributed by atoms with Crippen LogP contribution in [0.25, 0.3) is 0 Å². The molecule has 1 rings (SSSR count). The number of amides is 1. The number of nitrogens with one attached hydrogen (secondary N) is 1. The molecule has 3 heteroatoms. The third-order valence-electron chi connectivity index (χ3n) is 2.98. The van der Waals surface area contributed by atoms with Crippen molar-refractivity contribution >= 4 is 5.91 Å². The van der Waals surface area contributed by atoms with Crippen LogP contribution in [0.4, 0.5) is 0 Å². The second kappa shape index (κ2) is 7.88. The number of benzene rings is 1. The Morgan fingerprint density at radius 2 is 1.94 bits per heavy atom. The van der Waals surface area contributed by atoms with Crippen LogP contribution in [0.15, 0.2) is 30.3 Å². The summed E-state index contributed by atoms with van der Waals surface area (Å²) < 4.78 is 0. The van der Waals surface area contributed by atoms with Crippen molar-refractivity contribution in [2.75, 3.05) is 13.1 Å². The molecule has 1 N–H and O–H groups in total. The fourth-order valence-corrected chi connectivity index (χ4v) is 1.99. The minimum Gasteiger partial charge on any atom is -0.339 e. The Morgan fingerprint density at radius 3 is 2.50 bits per heavy atom. The molecular weight excluding hydrogens is 224 g/mol. The lowest BCUT2D eigenvalue weighted by Gasteiger charge is -2.23. The highest BCUT2D eigenvalue weighted by atomic mass is 16.2. The van der Waals surface area contributed by atoms with Crippen molar-refractivity contribution in [1.82, 2.24) is 10.2 Å². The summed E-state index contributed by atoms with van der Waals surface area (Å²) in [6, 6.07) is 10.4. The predicted molar refractivity (Wildman–Crippen MR) is 75.3 cm³/mol. The molecule has 1 aromatic carbocycles. The van der Waals surface area contributed by atoms with Gasteiger partial charge in [0, 0.05) is 25.6 Å². The SMILES string of the molecule is CCNC(C)CC(=O)N(CC)Cc1ccccc1. The van der Waals surface area contributed by atoms with Gasteiger partial charge >= 0.3 is 0 Å². The highest BCUT2D eigenvalue weighted by Gasteiger charge is 2.14. The first kappa shape index (κ1) is 14.7. The number of rotatable bonds is 7. The zero-order valence-electron chi connectivity index (χ0n) is 11.6. The van der Waals surface area contributed by atoms with Crippen LogP contribution in [0.3, 0.4) is 0 Å². The van der Waals surface area contributed by atoms with E-state index in [2.05, 4.69) is 31.3 Å². The topological polar surface area (TPSA) is 32.3 Å². The van der Waals surface area contributed by atoms with Crippen LogP contribution in [0, 0.1) is 0 Å². The van der Waals surface area contributed by atoms with E-state index in [1.165, 1.54) is 5.56 Å². The second-order valence-electron chi connectivity index (χ2n) is 4.56. The Hall–Kier alpha value is -1.35. The van der Waals surface area contributed by atoms with Gasteiger partial charge in [0.25, 0.3) is 0 Å². The molecule has 3 nitrogen and oxygen atoms in total. The fourth-order valence-electron chi connectivity index (χ4n) is 1.99. The Balaban J connectivity index is 2.52. The van der Waals surface area contributed by atoms with Gasteiger partial charge in [0.2, 0.25) is 5.91 Å². The zero-order chi connectivity index (χ0) is 13.4. The summed E-state index contributed by atoms with van der Waals surface area (Å²) in [4.78, 5) is 14.1. The first-order chi connectivity index (χ1) is 8.67. The molecule has 0 aliphatic heterocycles. The van der Waals surface area contributed by atoms with Crippen molar-refractivity contribution in [2.24, 2.45) is 0 Å². The van der Waals surface area contributed by atoms with Crippen LogP contribution in [0.1, 0.15) is 32.8 Å². The van der Waals surface area contributed by atoms with E-state index in [4.69, 9.17) is 0 Å². The molecule has 0 radical (unpaired) electrons. The van der Waals surface area contributed by atoms with Gasteiger partial charge in [-0.3, -0.25) is 4.79 Å². The Morgan fingerprint density at radius 1 is 1.28 bits per heavy atom. The Kier molecular flexibility index (Phi) is 6.44. The van der Waals surface area contributed by atoms with Crippen molar-refractivity contribution in [3.8, 4) is 0 Å². The van der Waals surface area contributed by atoms with E-state index < -0.39 is 0 Å². The molecular formula is C15H24N2O. The molecule has 1 amide bonds. The van der Waals surface area contributed by atoms with Crippen molar-refractivity contribution in [1.29, 1.82) is 0 Å². The first-order valence-electron chi connectivity index (χ1n) is 6.72. The molecule has 100 valence electrons. The molecule has 0 bridgehead atoms. The molecule has 0 spiro atoms. The lowest BCUT2D eigenvalue weighted by Crippen LogP contribution is -2.36. The third-order valence-corrected chi connectivity index (χ3v) is 2.98. The van der Waals surface area contributed by atoms with Gasteiger partial charge in [-0.05, 0) is 26.0 Å². The van der Waals surface area contributed by atoms with Gasteiger partial charge in [0.15, 0.2) is 0 Å². The summed E-state index contributed by atoms with van der Waals surface area (Å²) >= 11 is 0. The summed E-state index contributed by atoms with van der Waals surface area (Å²) in [6.07, 6.45) is 0.564. The average molecular weight is 248 g/mol. The highest BCUT2D eigenvalue weighted by molar-refractivity contribution is 5.76. The average Bonchev–Trinajstić information content (AvgIpc) is 2.37. The van der Waals surface area contributed by atoms with Crippen molar-refractivity contribution in [3.63, 3.8) is 0 Å². The Bertz CT molecular complexity index is 351. The largest absolute Gasteiger partial charge is 0.339 e. The molecule has 1 aromatic rings. The van der Waals surface area contributed by atoms with Crippen molar-refractivity contribution < 1.29 is 4.79 Å². The lowest BCUT2D eigenvalue weighted by atomic mass is 10.1. The molecule has 0 aliphatic carbocycles. The number of carbonyl (C=O) groups excluding carboxylic acids is 1. The van der Waals surface area contributed by atoms with E-state index in [1.807, 2.05) is 30.0 Å². The van der Waals surface area contributed by atoms with Gasteiger partial charge in [-0.25, -0.2) is 0 Å². The van der Waals surface area contributed by atoms with Crippen molar-refractivity contribution in [3.05, 3.63) is 35.9 Å². The van der Waals surface area contributed by atoms with Crippen LogP contribution in [-0.4, -0.2) is 29.9 Å². The number of nitrogens with zero attached hydrogens (tertiary/aromatic N) is 1. The minimum atomic E-state index is 0.217. The van der Waals surface area contributed by atoms with E-state index in [1.54, 1.807) is 0 Å². The maximum Gasteiger partial charge on any atom is 0.224 e. The summed E-state index contributed by atoms with van der Waals surface area (Å²) in [5, 5.41) is 3.27. The fraction of sp³-hybridized carbons (Fsp3) is 0.533. The van der Waals surface area contributed by atoms with Crippen LogP contribution < -0.4 is 5.32 Å². The Labute approximate surface area is 110 Å². The molecule has 0 aliphatic rings. The number of carbonyl (C=O) groups is 1. The molecule has 18 heavy (non-hydrogen) atoms. The number of hydrogen-bond acceptors (Lipinski definition) is 2. The van der Waals surface area contributed by atoms with E-state index in [0.717, 1.165) is 13.1 Å². The summed E-state index contributed by atoms with van der Waals surface area (Å²) in [5.74, 6) is 0.217. The van der Waals surface area contributed by atoms with E-state index >= 15 is 0 Å². The normalized spacial score (nSPS) is 12.2. The van der Waals surface area contributed by atoms with Gasteiger partial charge < -0.3 is 10.2 Å². The van der Waals surface area contributed by atoms with E-state index in [9.17, 15) is 4.79 Å². The second-order valence-corrected chi connectivity index (χ2v) is 4.56. The van der Waals surface area contributed by atoms with Gasteiger partial charge in [-0.1, -0.05) is 37.3 Å². The predicted octanol–water partition coefficient (Wildman–Crippen LogP) is 2.42. The standard InChI is InChI=1S/C15H24N2O/c1-4-16-13(3)11-15(18)17(5-2)12-14-9-7-6-8-10-14/h6-10,13,16H,4-5,11-12H2,1-3H3. The first-order valence-corrected chi connectivity index (χ1v) is 6.72. The molecule has 0 saturated heterocycles. The van der Waals surface area contributed by atoms with Crippen molar-refractivity contribution in [2.45, 2.75) is 39.8 Å². The lowest BCUT2D eigenvalue weighted by molar-refractivity contribution is -0.132. The van der Waals surface area contributed by atoms with E-state index in [-0.39, 0.29) is 11.9 Å². The monoisotopic (exact) mass is 248 g/mol. The molecule has 0 heterocycles. The van der Waals surface area contributed by atoms with Crippen LogP contribution >= 0.6 is 0 Å². The maximum atomic E-state index is 12.1. The van der Waals surface area contributed by atoms with Gasteiger partial charge in [0.05, 0.1) is 0 Å². The van der Waals surface area contributed by atoms with E-state index in [0.29, 0.717) is 13.0 Å². The minimum absolute atomic E-state index is 0.217. The van der Waals surface area contributed by atoms with Crippen LogP contribution in [-0.2, 0) is 11.3 Å². The van der Waals surface area contributed by atoms with Gasteiger partial charge in [-0.2, -0.15) is 0 Å². The van der Waals surface area contributed by atoms with Gasteiger partial charge in [0.1, 0.15) is 0 Å². The van der Waals surface area contributed by atoms with Gasteiger partial charge in [-0.15, -0.1) is 0 Å². The maximum absolute atomic E-state index is 12.1. The number of hydrogen-bond donors (Lipinski definition) is 1. The summed E-state index contributed by atoms with van der Waals surface area (Å²) in [6.45, 7) is 8.50. The molecule has 0 saturated carbocycles.